The van der Waals surface area contributed by atoms with Crippen LogP contribution in [0.2, 0.25) is 0 Å². The van der Waals surface area contributed by atoms with Crippen LogP contribution < -0.4 is 5.46 Å². The summed E-state index contributed by atoms with van der Waals surface area (Å²) in [6.07, 6.45) is 23.8. The molecule has 0 atom stereocenters. The van der Waals surface area contributed by atoms with Crippen molar-refractivity contribution >= 4 is 35.4 Å². The number of allylic oxidation sites excluding steroid dienone is 12. The van der Waals surface area contributed by atoms with Gasteiger partial charge in [-0.15, -0.1) is 0 Å². The van der Waals surface area contributed by atoms with E-state index in [-0.39, 0.29) is 0 Å². The Kier molecular flexibility index (Phi) is 5.72. The lowest BCUT2D eigenvalue weighted by Gasteiger charge is -1.94. The summed E-state index contributed by atoms with van der Waals surface area (Å²) in [5.41, 5.74) is 7.67. The molecule has 1 aromatic rings. The lowest BCUT2D eigenvalue weighted by atomic mass is 9.81. The smallest absolute Gasteiger partial charge is 0.423 e. The Labute approximate surface area is 191 Å². The lowest BCUT2D eigenvalue weighted by molar-refractivity contribution is 0.426. The second kappa shape index (κ2) is 9.12. The summed E-state index contributed by atoms with van der Waals surface area (Å²) >= 11 is 0. The van der Waals surface area contributed by atoms with Crippen LogP contribution in [-0.4, -0.2) is 40.0 Å². The van der Waals surface area contributed by atoms with Gasteiger partial charge in [0.05, 0.1) is 45.6 Å². The molecular formula is C26H19BN4O2. The molecule has 0 aliphatic carbocycles. The highest BCUT2D eigenvalue weighted by molar-refractivity contribution is 6.58. The van der Waals surface area contributed by atoms with Crippen molar-refractivity contribution in [2.75, 3.05) is 0 Å². The van der Waals surface area contributed by atoms with Crippen molar-refractivity contribution in [3.63, 3.8) is 0 Å². The molecule has 8 bridgehead atoms. The molecule has 0 unspecified atom stereocenters. The molecule has 5 aliphatic heterocycles. The molecule has 158 valence electrons. The van der Waals surface area contributed by atoms with Crippen molar-refractivity contribution in [3.05, 3.63) is 126 Å². The molecule has 0 amide bonds. The number of aliphatic imine (C=N–C) groups is 4. The third-order valence-corrected chi connectivity index (χ3v) is 5.01. The maximum absolute atomic E-state index is 8.58. The third kappa shape index (κ3) is 5.18. The second-order valence-corrected chi connectivity index (χ2v) is 7.54. The first-order valence-corrected chi connectivity index (χ1v) is 10.5. The highest BCUT2D eigenvalue weighted by Crippen LogP contribution is 2.20. The molecular weight excluding hydrogens is 411 g/mol. The predicted octanol–water partition coefficient (Wildman–Crippen LogP) is 2.95. The van der Waals surface area contributed by atoms with Crippen molar-refractivity contribution in [3.8, 4) is 0 Å². The Balaban J connectivity index is 0.000000215. The normalized spacial score (nSPS) is 19.0. The Morgan fingerprint density at radius 2 is 0.788 bits per heavy atom. The van der Waals surface area contributed by atoms with Crippen LogP contribution in [0.25, 0.3) is 0 Å². The molecule has 2 N–H and O–H groups in total. The zero-order valence-corrected chi connectivity index (χ0v) is 17.6. The predicted molar refractivity (Wildman–Crippen MR) is 135 cm³/mol. The van der Waals surface area contributed by atoms with E-state index in [2.05, 4.69) is 20.0 Å². The molecule has 5 heterocycles. The Morgan fingerprint density at radius 3 is 1.06 bits per heavy atom. The number of fused-ring (bicyclic) bond motifs is 4. The van der Waals surface area contributed by atoms with Crippen LogP contribution in [0.1, 0.15) is 0 Å². The van der Waals surface area contributed by atoms with Gasteiger partial charge in [0.25, 0.3) is 0 Å². The highest BCUT2D eigenvalue weighted by atomic mass is 16.4. The summed E-state index contributed by atoms with van der Waals surface area (Å²) in [6.45, 7) is 0. The van der Waals surface area contributed by atoms with Crippen molar-refractivity contribution in [1.82, 2.24) is 0 Å². The first-order chi connectivity index (χ1) is 16.1. The van der Waals surface area contributed by atoms with Gasteiger partial charge in [-0.1, -0.05) is 30.3 Å². The largest absolute Gasteiger partial charge is 0.488 e. The van der Waals surface area contributed by atoms with Crippen molar-refractivity contribution in [1.29, 1.82) is 0 Å². The Bertz CT molecular complexity index is 1180. The van der Waals surface area contributed by atoms with Gasteiger partial charge < -0.3 is 10.0 Å². The molecule has 1 aromatic carbocycles. The van der Waals surface area contributed by atoms with E-state index in [0.29, 0.717) is 5.46 Å². The molecule has 0 saturated heterocycles. The van der Waals surface area contributed by atoms with Gasteiger partial charge in [0.2, 0.25) is 0 Å². The number of benzene rings is 1. The first kappa shape index (κ1) is 20.7. The fourth-order valence-corrected chi connectivity index (χ4v) is 3.45. The van der Waals surface area contributed by atoms with E-state index in [0.717, 1.165) is 45.6 Å². The minimum Gasteiger partial charge on any atom is -0.423 e. The maximum Gasteiger partial charge on any atom is 0.488 e. The van der Waals surface area contributed by atoms with Crippen molar-refractivity contribution in [2.24, 2.45) is 20.0 Å². The van der Waals surface area contributed by atoms with E-state index < -0.39 is 7.12 Å². The monoisotopic (exact) mass is 430 g/mol. The Hall–Kier alpha value is -4.20. The van der Waals surface area contributed by atoms with Crippen LogP contribution in [0.4, 0.5) is 0 Å². The molecule has 0 radical (unpaired) electrons. The molecule has 0 fully saturated rings. The molecule has 6 rings (SSSR count). The summed E-state index contributed by atoms with van der Waals surface area (Å²) in [5, 5.41) is 17.2. The van der Waals surface area contributed by atoms with Crippen LogP contribution >= 0.6 is 0 Å². The summed E-state index contributed by atoms with van der Waals surface area (Å²) in [4.78, 5) is 18.4. The van der Waals surface area contributed by atoms with E-state index in [4.69, 9.17) is 10.0 Å². The van der Waals surface area contributed by atoms with Crippen molar-refractivity contribution < 1.29 is 10.0 Å². The summed E-state index contributed by atoms with van der Waals surface area (Å²) < 4.78 is 0. The minimum atomic E-state index is -1.34. The molecule has 0 spiro atoms. The fraction of sp³-hybridized carbons (Fsp3) is 0. The van der Waals surface area contributed by atoms with Crippen molar-refractivity contribution in [2.45, 2.75) is 0 Å². The van der Waals surface area contributed by atoms with Crippen LogP contribution in [0.5, 0.6) is 0 Å². The number of rotatable bonds is 1. The minimum absolute atomic E-state index is 0.525. The quantitative estimate of drug-likeness (QED) is 0.671. The van der Waals surface area contributed by atoms with Crippen LogP contribution in [0.15, 0.2) is 146 Å². The molecule has 7 heteroatoms. The average Bonchev–Trinajstić information content (AvgIpc) is 3.61. The van der Waals surface area contributed by atoms with Gasteiger partial charge in [0.1, 0.15) is 0 Å². The van der Waals surface area contributed by atoms with E-state index in [1.165, 1.54) is 0 Å². The van der Waals surface area contributed by atoms with Gasteiger partial charge in [-0.05, 0) is 78.4 Å². The third-order valence-electron chi connectivity index (χ3n) is 5.01. The summed E-state index contributed by atoms with van der Waals surface area (Å²) in [6, 6.07) is 8.66. The van der Waals surface area contributed by atoms with E-state index in [1.807, 2.05) is 79.0 Å². The van der Waals surface area contributed by atoms with Crippen LogP contribution in [0, 0.1) is 0 Å². The van der Waals surface area contributed by atoms with Gasteiger partial charge in [-0.3, -0.25) is 0 Å². The SMILES string of the molecule is C1=CC2=NC1=CC1=NC(=CC3=NC(=CC4=NC(=C2)C=C4)C=C3)C=C1.OB(O)c1ccccc1. The van der Waals surface area contributed by atoms with Gasteiger partial charge in [0, 0.05) is 0 Å². The van der Waals surface area contributed by atoms with Crippen LogP contribution in [-0.2, 0) is 0 Å². The van der Waals surface area contributed by atoms with E-state index in [1.54, 1.807) is 24.3 Å². The molecule has 5 aliphatic rings. The number of hydrogen-bond donors (Lipinski definition) is 2. The zero-order chi connectivity index (χ0) is 22.6. The summed E-state index contributed by atoms with van der Waals surface area (Å²) in [7, 11) is -1.34. The Morgan fingerprint density at radius 1 is 0.455 bits per heavy atom. The standard InChI is InChI=1S/C20H12N4.C6H7BO2/c1-2-14-10-16-5-6-18(23-16)12-20-8-7-19(24-20)11-17-4-3-15(22-17)9-13(1)21-14;8-7(9)6-4-2-1-3-5-6/h1-12H;1-5,8-9H. The van der Waals surface area contributed by atoms with Gasteiger partial charge in [-0.25, -0.2) is 20.0 Å². The zero-order valence-electron chi connectivity index (χ0n) is 17.6. The number of hydrogen-bond acceptors (Lipinski definition) is 6. The molecule has 0 aromatic heterocycles. The first-order valence-electron chi connectivity index (χ1n) is 10.5. The van der Waals surface area contributed by atoms with E-state index in [9.17, 15) is 0 Å². The maximum atomic E-state index is 8.58. The molecule has 6 nitrogen and oxygen atoms in total. The summed E-state index contributed by atoms with van der Waals surface area (Å²) in [5.74, 6) is 0. The molecule has 0 saturated carbocycles. The van der Waals surface area contributed by atoms with Gasteiger partial charge >= 0.3 is 7.12 Å². The lowest BCUT2D eigenvalue weighted by Crippen LogP contribution is -2.29. The number of nitrogens with zero attached hydrogens (tertiary/aromatic N) is 4. The van der Waals surface area contributed by atoms with Crippen LogP contribution in [0.3, 0.4) is 0 Å². The topological polar surface area (TPSA) is 89.9 Å². The van der Waals surface area contributed by atoms with Gasteiger partial charge in [0.15, 0.2) is 0 Å². The fourth-order valence-electron chi connectivity index (χ4n) is 3.45. The highest BCUT2D eigenvalue weighted by Gasteiger charge is 2.11. The average molecular weight is 430 g/mol. The molecule has 33 heavy (non-hydrogen) atoms. The second-order valence-electron chi connectivity index (χ2n) is 7.54. The van der Waals surface area contributed by atoms with Gasteiger partial charge in [-0.2, -0.15) is 0 Å². The van der Waals surface area contributed by atoms with E-state index >= 15 is 0 Å².